The van der Waals surface area contributed by atoms with Crippen LogP contribution in [0.1, 0.15) is 42.5 Å². The summed E-state index contributed by atoms with van der Waals surface area (Å²) in [6.45, 7) is 0. The number of carbonyl (C=O) groups excluding carboxylic acids is 1. The molecule has 1 aromatic carbocycles. The SMILES string of the molecule is O=C(N/N=C/C1CCCCC1)c1ccccc1. The Balaban J connectivity index is 1.81. The molecule has 0 unspecified atom stereocenters. The van der Waals surface area contributed by atoms with Crippen LogP contribution in [-0.4, -0.2) is 12.1 Å². The quantitative estimate of drug-likeness (QED) is 0.629. The number of benzene rings is 1. The number of rotatable bonds is 3. The summed E-state index contributed by atoms with van der Waals surface area (Å²) >= 11 is 0. The van der Waals surface area contributed by atoms with E-state index >= 15 is 0 Å². The van der Waals surface area contributed by atoms with E-state index in [1.807, 2.05) is 24.4 Å². The highest BCUT2D eigenvalue weighted by Gasteiger charge is 2.10. The van der Waals surface area contributed by atoms with Gasteiger partial charge in [0.15, 0.2) is 0 Å². The van der Waals surface area contributed by atoms with Gasteiger partial charge in [-0.3, -0.25) is 4.79 Å². The van der Waals surface area contributed by atoms with E-state index in [0.29, 0.717) is 11.5 Å². The molecule has 0 atom stereocenters. The molecule has 0 spiro atoms. The van der Waals surface area contributed by atoms with Gasteiger partial charge in [0, 0.05) is 11.8 Å². The molecule has 0 saturated heterocycles. The minimum atomic E-state index is -0.141. The molecule has 1 aromatic rings. The molecule has 3 nitrogen and oxygen atoms in total. The van der Waals surface area contributed by atoms with E-state index < -0.39 is 0 Å². The van der Waals surface area contributed by atoms with Crippen molar-refractivity contribution in [3.63, 3.8) is 0 Å². The molecular formula is C14H18N2O. The largest absolute Gasteiger partial charge is 0.271 e. The third-order valence-corrected chi connectivity index (χ3v) is 3.14. The van der Waals surface area contributed by atoms with Crippen molar-refractivity contribution in [2.75, 3.05) is 0 Å². The van der Waals surface area contributed by atoms with Gasteiger partial charge >= 0.3 is 0 Å². The Morgan fingerprint density at radius 1 is 1.18 bits per heavy atom. The first kappa shape index (κ1) is 11.8. The van der Waals surface area contributed by atoms with E-state index in [-0.39, 0.29) is 5.91 Å². The van der Waals surface area contributed by atoms with Gasteiger partial charge in [0.2, 0.25) is 0 Å². The second-order valence-electron chi connectivity index (χ2n) is 4.48. The molecule has 0 radical (unpaired) electrons. The summed E-state index contributed by atoms with van der Waals surface area (Å²) in [5, 5.41) is 4.05. The van der Waals surface area contributed by atoms with Crippen molar-refractivity contribution in [2.24, 2.45) is 11.0 Å². The van der Waals surface area contributed by atoms with Crippen LogP contribution in [0.4, 0.5) is 0 Å². The molecule has 0 aliphatic heterocycles. The van der Waals surface area contributed by atoms with Crippen LogP contribution in [0.2, 0.25) is 0 Å². The maximum atomic E-state index is 11.7. The fourth-order valence-electron chi connectivity index (χ4n) is 2.14. The lowest BCUT2D eigenvalue weighted by Gasteiger charge is -2.16. The summed E-state index contributed by atoms with van der Waals surface area (Å²) in [7, 11) is 0. The first-order valence-electron chi connectivity index (χ1n) is 6.25. The number of hydrogen-bond acceptors (Lipinski definition) is 2. The van der Waals surface area contributed by atoms with Crippen molar-refractivity contribution in [2.45, 2.75) is 32.1 Å². The highest BCUT2D eigenvalue weighted by Crippen LogP contribution is 2.21. The minimum Gasteiger partial charge on any atom is -0.267 e. The Hall–Kier alpha value is -1.64. The molecule has 1 fully saturated rings. The van der Waals surface area contributed by atoms with E-state index in [2.05, 4.69) is 10.5 Å². The first-order chi connectivity index (χ1) is 8.36. The molecular weight excluding hydrogens is 212 g/mol. The van der Waals surface area contributed by atoms with Crippen LogP contribution >= 0.6 is 0 Å². The molecule has 1 N–H and O–H groups in total. The fraction of sp³-hybridized carbons (Fsp3) is 0.429. The molecule has 0 heterocycles. The average molecular weight is 230 g/mol. The normalized spacial score (nSPS) is 17.2. The lowest BCUT2D eigenvalue weighted by Crippen LogP contribution is -2.19. The zero-order valence-corrected chi connectivity index (χ0v) is 9.93. The summed E-state index contributed by atoms with van der Waals surface area (Å²) in [5.74, 6) is 0.400. The Bertz CT molecular complexity index is 380. The van der Waals surface area contributed by atoms with Crippen LogP contribution in [0.3, 0.4) is 0 Å². The van der Waals surface area contributed by atoms with Crippen LogP contribution in [0.25, 0.3) is 0 Å². The Kier molecular flexibility index (Phi) is 4.30. The Morgan fingerprint density at radius 3 is 2.59 bits per heavy atom. The predicted molar refractivity (Wildman–Crippen MR) is 69.0 cm³/mol. The number of amides is 1. The highest BCUT2D eigenvalue weighted by atomic mass is 16.2. The van der Waals surface area contributed by atoms with Crippen molar-refractivity contribution < 1.29 is 4.79 Å². The van der Waals surface area contributed by atoms with Crippen LogP contribution in [-0.2, 0) is 0 Å². The van der Waals surface area contributed by atoms with Gasteiger partial charge in [-0.25, -0.2) is 5.43 Å². The van der Waals surface area contributed by atoms with Gasteiger partial charge < -0.3 is 0 Å². The van der Waals surface area contributed by atoms with Gasteiger partial charge in [-0.05, 0) is 30.9 Å². The topological polar surface area (TPSA) is 41.5 Å². The number of nitrogens with one attached hydrogen (secondary N) is 1. The molecule has 0 bridgehead atoms. The lowest BCUT2D eigenvalue weighted by atomic mass is 9.90. The summed E-state index contributed by atoms with van der Waals surface area (Å²) in [4.78, 5) is 11.7. The highest BCUT2D eigenvalue weighted by molar-refractivity contribution is 5.94. The smallest absolute Gasteiger partial charge is 0.267 e. The molecule has 3 heteroatoms. The van der Waals surface area contributed by atoms with Gasteiger partial charge in [-0.15, -0.1) is 0 Å². The van der Waals surface area contributed by atoms with Gasteiger partial charge in [0.05, 0.1) is 0 Å². The van der Waals surface area contributed by atoms with E-state index in [4.69, 9.17) is 0 Å². The van der Waals surface area contributed by atoms with Gasteiger partial charge in [0.25, 0.3) is 5.91 Å². The molecule has 90 valence electrons. The summed E-state index contributed by atoms with van der Waals surface area (Å²) in [6.07, 6.45) is 8.18. The monoisotopic (exact) mass is 230 g/mol. The summed E-state index contributed by atoms with van der Waals surface area (Å²) in [5.41, 5.74) is 3.22. The first-order valence-corrected chi connectivity index (χ1v) is 6.25. The van der Waals surface area contributed by atoms with Crippen LogP contribution in [0.5, 0.6) is 0 Å². The summed E-state index contributed by atoms with van der Waals surface area (Å²) in [6, 6.07) is 9.15. The number of hydrogen-bond donors (Lipinski definition) is 1. The molecule has 1 saturated carbocycles. The molecule has 1 aliphatic carbocycles. The van der Waals surface area contributed by atoms with Crippen molar-refractivity contribution >= 4 is 12.1 Å². The zero-order valence-electron chi connectivity index (χ0n) is 9.93. The van der Waals surface area contributed by atoms with E-state index in [0.717, 1.165) is 0 Å². The molecule has 1 aliphatic rings. The number of hydrazone groups is 1. The third-order valence-electron chi connectivity index (χ3n) is 3.14. The second kappa shape index (κ2) is 6.18. The van der Waals surface area contributed by atoms with E-state index in [9.17, 15) is 4.79 Å². The lowest BCUT2D eigenvalue weighted by molar-refractivity contribution is 0.0955. The molecule has 0 aromatic heterocycles. The average Bonchev–Trinajstić information content (AvgIpc) is 2.41. The minimum absolute atomic E-state index is 0.141. The third kappa shape index (κ3) is 3.70. The van der Waals surface area contributed by atoms with Crippen molar-refractivity contribution in [1.29, 1.82) is 0 Å². The standard InChI is InChI=1S/C14H18N2O/c17-14(13-9-5-2-6-10-13)16-15-11-12-7-3-1-4-8-12/h2,5-6,9-12H,1,3-4,7-8H2,(H,16,17)/b15-11+. The molecule has 1 amide bonds. The van der Waals surface area contributed by atoms with Crippen LogP contribution in [0, 0.1) is 5.92 Å². The zero-order chi connectivity index (χ0) is 11.9. The number of nitrogens with zero attached hydrogens (tertiary/aromatic N) is 1. The van der Waals surface area contributed by atoms with Crippen LogP contribution in [0.15, 0.2) is 35.4 Å². The summed E-state index contributed by atoms with van der Waals surface area (Å²) < 4.78 is 0. The Morgan fingerprint density at radius 2 is 1.88 bits per heavy atom. The van der Waals surface area contributed by atoms with Crippen molar-refractivity contribution in [3.05, 3.63) is 35.9 Å². The maximum Gasteiger partial charge on any atom is 0.271 e. The maximum absolute atomic E-state index is 11.7. The van der Waals surface area contributed by atoms with Gasteiger partial charge in [0.1, 0.15) is 0 Å². The second-order valence-corrected chi connectivity index (χ2v) is 4.48. The fourth-order valence-corrected chi connectivity index (χ4v) is 2.14. The van der Waals surface area contributed by atoms with E-state index in [1.165, 1.54) is 32.1 Å². The van der Waals surface area contributed by atoms with Crippen molar-refractivity contribution in [1.82, 2.24) is 5.43 Å². The predicted octanol–water partition coefficient (Wildman–Crippen LogP) is 2.98. The van der Waals surface area contributed by atoms with Gasteiger partial charge in [-0.1, -0.05) is 37.5 Å². The van der Waals surface area contributed by atoms with Crippen LogP contribution < -0.4 is 5.43 Å². The van der Waals surface area contributed by atoms with Crippen molar-refractivity contribution in [3.8, 4) is 0 Å². The van der Waals surface area contributed by atoms with Gasteiger partial charge in [-0.2, -0.15) is 5.10 Å². The Labute approximate surface area is 102 Å². The van der Waals surface area contributed by atoms with E-state index in [1.54, 1.807) is 12.1 Å². The molecule has 2 rings (SSSR count). The number of carbonyl (C=O) groups is 1. The molecule has 17 heavy (non-hydrogen) atoms.